The molecule has 28 heavy (non-hydrogen) atoms. The third-order valence-corrected chi connectivity index (χ3v) is 4.57. The van der Waals surface area contributed by atoms with Gasteiger partial charge in [-0.25, -0.2) is 4.79 Å². The molecule has 0 spiro atoms. The maximum atomic E-state index is 13.0. The van der Waals surface area contributed by atoms with E-state index < -0.39 is 29.9 Å². The van der Waals surface area contributed by atoms with E-state index in [-0.39, 0.29) is 5.56 Å². The third-order valence-electron chi connectivity index (χ3n) is 4.57. The predicted molar refractivity (Wildman–Crippen MR) is 98.8 cm³/mol. The second kappa shape index (κ2) is 7.16. The Bertz CT molecular complexity index is 1020. The van der Waals surface area contributed by atoms with Crippen LogP contribution >= 0.6 is 0 Å². The molecule has 1 heterocycles. The van der Waals surface area contributed by atoms with Gasteiger partial charge in [0.15, 0.2) is 0 Å². The highest BCUT2D eigenvalue weighted by Crippen LogP contribution is 2.32. The van der Waals surface area contributed by atoms with Crippen molar-refractivity contribution in [2.45, 2.75) is 18.6 Å². The van der Waals surface area contributed by atoms with Gasteiger partial charge in [-0.2, -0.15) is 18.3 Å². The second-order valence-corrected chi connectivity index (χ2v) is 6.65. The lowest BCUT2D eigenvalue weighted by Crippen LogP contribution is -2.48. The van der Waals surface area contributed by atoms with Crippen molar-refractivity contribution in [1.82, 2.24) is 15.1 Å². The maximum Gasteiger partial charge on any atom is 0.416 e. The number of halogens is 3. The number of hydrogen-bond acceptors (Lipinski definition) is 3. The molecule has 2 amide bonds. The molecule has 0 radical (unpaired) electrons. The van der Waals surface area contributed by atoms with Gasteiger partial charge in [0.1, 0.15) is 0 Å². The van der Waals surface area contributed by atoms with Crippen LogP contribution in [0.15, 0.2) is 48.7 Å². The van der Waals surface area contributed by atoms with Gasteiger partial charge in [-0.05, 0) is 36.8 Å². The van der Waals surface area contributed by atoms with E-state index in [1.165, 1.54) is 19.1 Å². The topological polar surface area (TPSA) is 79.2 Å². The lowest BCUT2D eigenvalue weighted by atomic mass is 9.91. The summed E-state index contributed by atoms with van der Waals surface area (Å²) in [5, 5.41) is 19.9. The quantitative estimate of drug-likeness (QED) is 0.635. The molecule has 1 aromatic heterocycles. The molecule has 9 heteroatoms. The van der Waals surface area contributed by atoms with Crippen LogP contribution in [0.3, 0.4) is 0 Å². The van der Waals surface area contributed by atoms with Crippen LogP contribution in [0.25, 0.3) is 10.9 Å². The number of aliphatic hydroxyl groups is 1. The van der Waals surface area contributed by atoms with Gasteiger partial charge in [-0.15, -0.1) is 0 Å². The number of alkyl halides is 3. The molecule has 0 aliphatic carbocycles. The summed E-state index contributed by atoms with van der Waals surface area (Å²) in [6, 6.07) is 9.12. The van der Waals surface area contributed by atoms with Crippen molar-refractivity contribution in [3.8, 4) is 0 Å². The highest BCUT2D eigenvalue weighted by molar-refractivity contribution is 6.00. The molecular formula is C19H19F3N4O2. The lowest BCUT2D eigenvalue weighted by Gasteiger charge is -2.30. The first-order valence-corrected chi connectivity index (χ1v) is 8.42. The number of nitrogens with one attached hydrogen (secondary N) is 2. The Kier molecular flexibility index (Phi) is 5.03. The number of anilines is 1. The van der Waals surface area contributed by atoms with Crippen LogP contribution < -0.4 is 10.6 Å². The minimum atomic E-state index is -4.52. The van der Waals surface area contributed by atoms with Gasteiger partial charge < -0.3 is 15.7 Å². The van der Waals surface area contributed by atoms with Crippen molar-refractivity contribution in [2.24, 2.45) is 7.05 Å². The molecule has 0 bridgehead atoms. The number of aliphatic hydroxyl groups excluding tert-OH is 1. The van der Waals surface area contributed by atoms with Crippen LogP contribution in [0.2, 0.25) is 0 Å². The van der Waals surface area contributed by atoms with Crippen LogP contribution in [0, 0.1) is 0 Å². The fourth-order valence-corrected chi connectivity index (χ4v) is 2.93. The fraction of sp³-hybridized carbons (Fsp3) is 0.263. The predicted octanol–water partition coefficient (Wildman–Crippen LogP) is 3.62. The van der Waals surface area contributed by atoms with E-state index in [9.17, 15) is 23.1 Å². The summed E-state index contributed by atoms with van der Waals surface area (Å²) in [4.78, 5) is 12.5. The van der Waals surface area contributed by atoms with E-state index in [1.807, 2.05) is 6.07 Å². The van der Waals surface area contributed by atoms with Crippen molar-refractivity contribution in [3.05, 3.63) is 59.8 Å². The minimum Gasteiger partial charge on any atom is -0.394 e. The van der Waals surface area contributed by atoms with Crippen LogP contribution in [0.1, 0.15) is 18.1 Å². The van der Waals surface area contributed by atoms with Gasteiger partial charge in [-0.3, -0.25) is 4.68 Å². The first kappa shape index (κ1) is 19.7. The lowest BCUT2D eigenvalue weighted by molar-refractivity contribution is -0.137. The number of urea groups is 1. The van der Waals surface area contributed by atoms with Gasteiger partial charge in [0.05, 0.1) is 35.1 Å². The number of nitrogens with zero attached hydrogens (tertiary/aromatic N) is 2. The van der Waals surface area contributed by atoms with Crippen molar-refractivity contribution < 1.29 is 23.1 Å². The summed E-state index contributed by atoms with van der Waals surface area (Å²) in [5.74, 6) is 0. The van der Waals surface area contributed by atoms with E-state index in [1.54, 1.807) is 30.1 Å². The summed E-state index contributed by atoms with van der Waals surface area (Å²) in [5.41, 5.74) is -0.826. The molecule has 3 aromatic rings. The average Bonchev–Trinajstić information content (AvgIpc) is 3.03. The molecule has 1 unspecified atom stereocenters. The number of hydrogen-bond donors (Lipinski definition) is 3. The molecule has 6 nitrogen and oxygen atoms in total. The van der Waals surface area contributed by atoms with Crippen LogP contribution in [0.5, 0.6) is 0 Å². The smallest absolute Gasteiger partial charge is 0.394 e. The highest BCUT2D eigenvalue weighted by atomic mass is 19.4. The summed E-state index contributed by atoms with van der Waals surface area (Å²) >= 11 is 0. The van der Waals surface area contributed by atoms with Crippen molar-refractivity contribution in [3.63, 3.8) is 0 Å². The van der Waals surface area contributed by atoms with E-state index in [0.29, 0.717) is 11.1 Å². The standard InChI is InChI=1S/C19H19F3N4O2/c1-18(11-27,12-5-3-6-13(9-12)19(20,21)22)25-17(28)24-15-7-4-8-16-14(15)10-23-26(16)2/h3-10,27H,11H2,1-2H3,(H2,24,25,28). The number of fused-ring (bicyclic) bond motifs is 1. The molecular weight excluding hydrogens is 373 g/mol. The molecule has 0 saturated heterocycles. The Labute approximate surface area is 159 Å². The number of aromatic nitrogens is 2. The summed E-state index contributed by atoms with van der Waals surface area (Å²) in [7, 11) is 1.77. The minimum absolute atomic E-state index is 0.138. The number of benzene rings is 2. The van der Waals surface area contributed by atoms with E-state index >= 15 is 0 Å². The summed E-state index contributed by atoms with van der Waals surface area (Å²) in [6.45, 7) is 0.867. The van der Waals surface area contributed by atoms with Gasteiger partial charge in [0, 0.05) is 12.4 Å². The summed E-state index contributed by atoms with van der Waals surface area (Å²) in [6.07, 6.45) is -2.92. The van der Waals surface area contributed by atoms with Gasteiger partial charge in [0.2, 0.25) is 0 Å². The number of amides is 2. The maximum absolute atomic E-state index is 13.0. The summed E-state index contributed by atoms with van der Waals surface area (Å²) < 4.78 is 40.6. The number of carbonyl (C=O) groups is 1. The zero-order chi connectivity index (χ0) is 20.5. The van der Waals surface area contributed by atoms with Gasteiger partial charge in [0.25, 0.3) is 0 Å². The average molecular weight is 392 g/mol. The number of aryl methyl sites for hydroxylation is 1. The van der Waals surface area contributed by atoms with Gasteiger partial charge in [-0.1, -0.05) is 18.2 Å². The molecule has 148 valence electrons. The molecule has 0 saturated carbocycles. The van der Waals surface area contributed by atoms with Crippen LogP contribution in [-0.2, 0) is 18.8 Å². The second-order valence-electron chi connectivity index (χ2n) is 6.65. The number of rotatable bonds is 4. The van der Waals surface area contributed by atoms with E-state index in [4.69, 9.17) is 0 Å². The first-order chi connectivity index (χ1) is 13.1. The first-order valence-electron chi connectivity index (χ1n) is 8.42. The fourth-order valence-electron chi connectivity index (χ4n) is 2.93. The zero-order valence-electron chi connectivity index (χ0n) is 15.2. The third kappa shape index (κ3) is 3.79. The Morgan fingerprint density at radius 1 is 1.18 bits per heavy atom. The Hall–Kier alpha value is -3.07. The molecule has 3 rings (SSSR count). The number of carbonyl (C=O) groups excluding carboxylic acids is 1. The van der Waals surface area contributed by atoms with Crippen LogP contribution in [0.4, 0.5) is 23.7 Å². The monoisotopic (exact) mass is 392 g/mol. The largest absolute Gasteiger partial charge is 0.416 e. The van der Waals surface area contributed by atoms with E-state index in [0.717, 1.165) is 17.6 Å². The molecule has 2 aromatic carbocycles. The molecule has 0 aliphatic rings. The van der Waals surface area contributed by atoms with Gasteiger partial charge >= 0.3 is 12.2 Å². The molecule has 3 N–H and O–H groups in total. The van der Waals surface area contributed by atoms with Crippen molar-refractivity contribution >= 4 is 22.6 Å². The molecule has 0 aliphatic heterocycles. The molecule has 0 fully saturated rings. The Morgan fingerprint density at radius 3 is 2.54 bits per heavy atom. The highest BCUT2D eigenvalue weighted by Gasteiger charge is 2.34. The SMILES string of the molecule is Cn1ncc2c(NC(=O)NC(C)(CO)c3cccc(C(F)(F)F)c3)cccc21. The Morgan fingerprint density at radius 2 is 1.86 bits per heavy atom. The Balaban J connectivity index is 1.84. The normalized spacial score (nSPS) is 13.9. The van der Waals surface area contributed by atoms with E-state index in [2.05, 4.69) is 15.7 Å². The molecule has 1 atom stereocenters. The van der Waals surface area contributed by atoms with Crippen molar-refractivity contribution in [2.75, 3.05) is 11.9 Å². The zero-order valence-corrected chi connectivity index (χ0v) is 15.2. The van der Waals surface area contributed by atoms with Crippen LogP contribution in [-0.4, -0.2) is 27.5 Å². The van der Waals surface area contributed by atoms with Crippen molar-refractivity contribution in [1.29, 1.82) is 0 Å².